The second-order valence-electron chi connectivity index (χ2n) is 4.76. The molecule has 3 atom stereocenters. The van der Waals surface area contributed by atoms with Crippen LogP contribution in [0.3, 0.4) is 0 Å². The van der Waals surface area contributed by atoms with Crippen LogP contribution in [-0.4, -0.2) is 46.7 Å². The van der Waals surface area contributed by atoms with Gasteiger partial charge in [0.2, 0.25) is 5.91 Å². The summed E-state index contributed by atoms with van der Waals surface area (Å²) in [5.74, 6) is 0.216. The number of hydrogen-bond donors (Lipinski definition) is 2. The molecule has 2 heterocycles. The number of ether oxygens (including phenoxy) is 1. The highest BCUT2D eigenvalue weighted by molar-refractivity contribution is 8.00. The molecule has 2 fully saturated rings. The van der Waals surface area contributed by atoms with Crippen LogP contribution in [0.15, 0.2) is 0 Å². The molecule has 0 aromatic heterocycles. The van der Waals surface area contributed by atoms with E-state index < -0.39 is 12.1 Å². The van der Waals surface area contributed by atoms with Crippen molar-refractivity contribution in [2.75, 3.05) is 12.3 Å². The average molecular weight is 273 g/mol. The van der Waals surface area contributed by atoms with Gasteiger partial charge in [-0.15, -0.1) is 11.8 Å². The molecule has 2 aliphatic heterocycles. The fourth-order valence-corrected chi connectivity index (χ4v) is 3.54. The Kier molecular flexibility index (Phi) is 4.88. The van der Waals surface area contributed by atoms with Gasteiger partial charge in [0, 0.05) is 6.54 Å². The van der Waals surface area contributed by atoms with Crippen LogP contribution in [0.25, 0.3) is 0 Å². The van der Waals surface area contributed by atoms with E-state index in [0.29, 0.717) is 19.4 Å². The third kappa shape index (κ3) is 3.62. The molecule has 0 spiro atoms. The Balaban J connectivity index is 1.68. The number of carbonyl (C=O) groups is 2. The molecule has 0 bridgehead atoms. The van der Waals surface area contributed by atoms with Gasteiger partial charge in [-0.1, -0.05) is 6.42 Å². The Labute approximate surface area is 111 Å². The zero-order chi connectivity index (χ0) is 13.0. The van der Waals surface area contributed by atoms with Crippen LogP contribution in [0, 0.1) is 0 Å². The Hall–Kier alpha value is -0.750. The van der Waals surface area contributed by atoms with Crippen LogP contribution in [-0.2, 0) is 14.3 Å². The number of carbonyl (C=O) groups excluding carboxylic acids is 1. The smallest absolute Gasteiger partial charge is 0.332 e. The van der Waals surface area contributed by atoms with E-state index >= 15 is 0 Å². The van der Waals surface area contributed by atoms with E-state index in [0.717, 1.165) is 18.6 Å². The molecule has 2 aliphatic rings. The van der Waals surface area contributed by atoms with E-state index in [-0.39, 0.29) is 17.3 Å². The van der Waals surface area contributed by atoms with Crippen LogP contribution in [0.2, 0.25) is 0 Å². The number of aliphatic carboxylic acids is 1. The number of carboxylic acid groups (broad SMARTS) is 1. The molecule has 5 nitrogen and oxygen atoms in total. The first-order valence-corrected chi connectivity index (χ1v) is 7.49. The van der Waals surface area contributed by atoms with Gasteiger partial charge in [-0.25, -0.2) is 4.79 Å². The van der Waals surface area contributed by atoms with Gasteiger partial charge in [-0.3, -0.25) is 4.79 Å². The van der Waals surface area contributed by atoms with Gasteiger partial charge in [0.15, 0.2) is 6.10 Å². The number of thioether (sulfide) groups is 1. The lowest BCUT2D eigenvalue weighted by Crippen LogP contribution is -2.39. The summed E-state index contributed by atoms with van der Waals surface area (Å²) >= 11 is 1.71. The first-order valence-electron chi connectivity index (χ1n) is 6.44. The molecule has 0 aromatic rings. The Morgan fingerprint density at radius 2 is 2.11 bits per heavy atom. The Bertz CT molecular complexity index is 317. The second kappa shape index (κ2) is 6.43. The summed E-state index contributed by atoms with van der Waals surface area (Å²) in [4.78, 5) is 22.6. The van der Waals surface area contributed by atoms with Crippen LogP contribution in [0.5, 0.6) is 0 Å². The van der Waals surface area contributed by atoms with Crippen molar-refractivity contribution in [2.45, 2.75) is 49.6 Å². The molecule has 18 heavy (non-hydrogen) atoms. The fourth-order valence-electron chi connectivity index (χ4n) is 2.31. The maximum absolute atomic E-state index is 11.9. The summed E-state index contributed by atoms with van der Waals surface area (Å²) in [6.07, 6.45) is 3.65. The fraction of sp³-hybridized carbons (Fsp3) is 0.833. The van der Waals surface area contributed by atoms with E-state index in [9.17, 15) is 9.59 Å². The first-order chi connectivity index (χ1) is 8.66. The van der Waals surface area contributed by atoms with Gasteiger partial charge in [-0.05, 0) is 31.4 Å². The predicted octanol–water partition coefficient (Wildman–Crippen LogP) is 1.02. The standard InChI is InChI=1S/C12H19NO4S/c14-11(10-3-1-2-6-18-10)13-7-8-4-5-9(17-8)12(15)16/h8-10H,1-7H2,(H,13,14)(H,15,16). The van der Waals surface area contributed by atoms with Gasteiger partial charge < -0.3 is 15.2 Å². The average Bonchev–Trinajstić information content (AvgIpc) is 2.86. The molecular formula is C12H19NO4S. The lowest BCUT2D eigenvalue weighted by atomic mass is 10.1. The molecule has 0 aromatic carbocycles. The van der Waals surface area contributed by atoms with Gasteiger partial charge in [0.05, 0.1) is 11.4 Å². The normalized spacial score (nSPS) is 32.1. The van der Waals surface area contributed by atoms with Crippen molar-refractivity contribution in [3.05, 3.63) is 0 Å². The molecule has 1 amide bonds. The first kappa shape index (κ1) is 13.7. The van der Waals surface area contributed by atoms with Crippen molar-refractivity contribution in [2.24, 2.45) is 0 Å². The number of nitrogens with one attached hydrogen (secondary N) is 1. The van der Waals surface area contributed by atoms with E-state index in [4.69, 9.17) is 9.84 Å². The zero-order valence-electron chi connectivity index (χ0n) is 10.3. The molecule has 0 radical (unpaired) electrons. The number of carboxylic acids is 1. The van der Waals surface area contributed by atoms with E-state index in [1.165, 1.54) is 6.42 Å². The Morgan fingerprint density at radius 3 is 2.72 bits per heavy atom. The molecule has 3 unspecified atom stereocenters. The summed E-state index contributed by atoms with van der Waals surface area (Å²) in [5.41, 5.74) is 0. The largest absolute Gasteiger partial charge is 0.479 e. The van der Waals surface area contributed by atoms with Crippen molar-refractivity contribution >= 4 is 23.6 Å². The zero-order valence-corrected chi connectivity index (χ0v) is 11.1. The minimum atomic E-state index is -0.910. The van der Waals surface area contributed by atoms with Crippen molar-refractivity contribution in [1.82, 2.24) is 5.32 Å². The second-order valence-corrected chi connectivity index (χ2v) is 6.07. The molecule has 0 saturated carbocycles. The summed E-state index contributed by atoms with van der Waals surface area (Å²) in [6, 6.07) is 0. The molecule has 0 aliphatic carbocycles. The van der Waals surface area contributed by atoms with Crippen LogP contribution < -0.4 is 5.32 Å². The molecule has 2 rings (SSSR count). The SMILES string of the molecule is O=C(O)C1CCC(CNC(=O)C2CCCCS2)O1. The maximum Gasteiger partial charge on any atom is 0.332 e. The lowest BCUT2D eigenvalue weighted by molar-refractivity contribution is -0.149. The summed E-state index contributed by atoms with van der Waals surface area (Å²) in [7, 11) is 0. The summed E-state index contributed by atoms with van der Waals surface area (Å²) in [6.45, 7) is 0.430. The minimum Gasteiger partial charge on any atom is -0.479 e. The minimum absolute atomic E-state index is 0.0652. The van der Waals surface area contributed by atoms with E-state index in [2.05, 4.69) is 5.32 Å². The maximum atomic E-state index is 11.9. The summed E-state index contributed by atoms with van der Waals surface area (Å²) < 4.78 is 5.34. The molecule has 2 N–H and O–H groups in total. The molecule has 102 valence electrons. The highest BCUT2D eigenvalue weighted by atomic mass is 32.2. The van der Waals surface area contributed by atoms with E-state index in [1.807, 2.05) is 0 Å². The third-order valence-corrected chi connectivity index (χ3v) is 4.74. The quantitative estimate of drug-likeness (QED) is 0.800. The van der Waals surface area contributed by atoms with Gasteiger partial charge in [0.25, 0.3) is 0 Å². The van der Waals surface area contributed by atoms with Gasteiger partial charge in [-0.2, -0.15) is 0 Å². The van der Waals surface area contributed by atoms with Crippen molar-refractivity contribution < 1.29 is 19.4 Å². The molecule has 2 saturated heterocycles. The lowest BCUT2D eigenvalue weighted by Gasteiger charge is -2.21. The highest BCUT2D eigenvalue weighted by Crippen LogP contribution is 2.25. The van der Waals surface area contributed by atoms with Crippen molar-refractivity contribution in [3.63, 3.8) is 0 Å². The molecular weight excluding hydrogens is 254 g/mol. The highest BCUT2D eigenvalue weighted by Gasteiger charge is 2.31. The van der Waals surface area contributed by atoms with Crippen LogP contribution in [0.1, 0.15) is 32.1 Å². The summed E-state index contributed by atoms with van der Waals surface area (Å²) in [5, 5.41) is 11.7. The monoisotopic (exact) mass is 273 g/mol. The number of rotatable bonds is 4. The van der Waals surface area contributed by atoms with Gasteiger partial charge >= 0.3 is 5.97 Å². The topological polar surface area (TPSA) is 75.6 Å². The predicted molar refractivity (Wildman–Crippen MR) is 68.6 cm³/mol. The van der Waals surface area contributed by atoms with Crippen molar-refractivity contribution in [3.8, 4) is 0 Å². The number of amides is 1. The van der Waals surface area contributed by atoms with Crippen LogP contribution in [0.4, 0.5) is 0 Å². The number of hydrogen-bond acceptors (Lipinski definition) is 4. The van der Waals surface area contributed by atoms with Crippen LogP contribution >= 0.6 is 11.8 Å². The third-order valence-electron chi connectivity index (χ3n) is 3.36. The van der Waals surface area contributed by atoms with E-state index in [1.54, 1.807) is 11.8 Å². The van der Waals surface area contributed by atoms with Gasteiger partial charge in [0.1, 0.15) is 0 Å². The molecule has 6 heteroatoms. The van der Waals surface area contributed by atoms with Crippen molar-refractivity contribution in [1.29, 1.82) is 0 Å². The Morgan fingerprint density at radius 1 is 1.28 bits per heavy atom.